The van der Waals surface area contributed by atoms with Crippen LogP contribution in [-0.2, 0) is 16.6 Å². The highest BCUT2D eigenvalue weighted by Gasteiger charge is 2.23. The van der Waals surface area contributed by atoms with E-state index in [4.69, 9.17) is 4.74 Å². The zero-order valence-electron chi connectivity index (χ0n) is 10.0. The maximum Gasteiger partial charge on any atom is 0.329 e. The SMILES string of the molecule is CCOC(=O)[C@H](CS)NC(=O)c1nn(C)cc1I. The number of nitrogens with one attached hydrogen (secondary N) is 1. The highest BCUT2D eigenvalue weighted by molar-refractivity contribution is 14.1. The summed E-state index contributed by atoms with van der Waals surface area (Å²) in [6.07, 6.45) is 1.72. The zero-order valence-corrected chi connectivity index (χ0v) is 13.1. The Morgan fingerprint density at radius 2 is 2.33 bits per heavy atom. The average Bonchev–Trinajstić information content (AvgIpc) is 2.65. The lowest BCUT2D eigenvalue weighted by Crippen LogP contribution is -2.43. The monoisotopic (exact) mass is 383 g/mol. The predicted octanol–water partition coefficient (Wildman–Crippen LogP) is 0.616. The Hall–Kier alpha value is -0.770. The minimum absolute atomic E-state index is 0.175. The molecule has 0 aliphatic heterocycles. The number of amides is 1. The molecule has 0 radical (unpaired) electrons. The van der Waals surface area contributed by atoms with E-state index in [9.17, 15) is 9.59 Å². The molecule has 0 saturated carbocycles. The van der Waals surface area contributed by atoms with E-state index in [1.807, 2.05) is 22.6 Å². The predicted molar refractivity (Wildman–Crippen MR) is 77.7 cm³/mol. The van der Waals surface area contributed by atoms with Gasteiger partial charge in [-0.25, -0.2) is 4.79 Å². The molecule has 8 heteroatoms. The normalized spacial score (nSPS) is 12.0. The van der Waals surface area contributed by atoms with Crippen molar-refractivity contribution in [2.45, 2.75) is 13.0 Å². The highest BCUT2D eigenvalue weighted by Crippen LogP contribution is 2.09. The summed E-state index contributed by atoms with van der Waals surface area (Å²) in [5.41, 5.74) is 0.286. The van der Waals surface area contributed by atoms with Gasteiger partial charge in [-0.1, -0.05) is 0 Å². The second-order valence-electron chi connectivity index (χ2n) is 3.46. The molecular weight excluding hydrogens is 369 g/mol. The molecule has 1 rings (SSSR count). The molecule has 1 atom stereocenters. The summed E-state index contributed by atoms with van der Waals surface area (Å²) in [6.45, 7) is 1.97. The van der Waals surface area contributed by atoms with E-state index >= 15 is 0 Å². The number of hydrogen-bond donors (Lipinski definition) is 2. The number of hydrogen-bond acceptors (Lipinski definition) is 5. The van der Waals surface area contributed by atoms with Gasteiger partial charge in [-0.15, -0.1) is 0 Å². The Labute approximate surface area is 124 Å². The summed E-state index contributed by atoms with van der Waals surface area (Å²) in [4.78, 5) is 23.4. The van der Waals surface area contributed by atoms with Gasteiger partial charge in [-0.3, -0.25) is 9.48 Å². The smallest absolute Gasteiger partial charge is 0.329 e. The molecular formula is C10H14IN3O3S. The fraction of sp³-hybridized carbons (Fsp3) is 0.500. The second-order valence-corrected chi connectivity index (χ2v) is 4.99. The van der Waals surface area contributed by atoms with Gasteiger partial charge in [0, 0.05) is 19.0 Å². The van der Waals surface area contributed by atoms with Gasteiger partial charge in [-0.05, 0) is 29.5 Å². The molecule has 1 amide bonds. The van der Waals surface area contributed by atoms with E-state index in [0.717, 1.165) is 3.57 Å². The third-order valence-electron chi connectivity index (χ3n) is 2.06. The quantitative estimate of drug-likeness (QED) is 0.444. The van der Waals surface area contributed by atoms with Gasteiger partial charge >= 0.3 is 5.97 Å². The average molecular weight is 383 g/mol. The first-order valence-corrected chi connectivity index (χ1v) is 6.98. The number of aromatic nitrogens is 2. The Morgan fingerprint density at radius 1 is 1.67 bits per heavy atom. The van der Waals surface area contributed by atoms with E-state index in [-0.39, 0.29) is 18.1 Å². The van der Waals surface area contributed by atoms with Gasteiger partial charge in [0.1, 0.15) is 6.04 Å². The van der Waals surface area contributed by atoms with E-state index in [0.29, 0.717) is 0 Å². The van der Waals surface area contributed by atoms with Gasteiger partial charge in [0.25, 0.3) is 5.91 Å². The Balaban J connectivity index is 2.73. The summed E-state index contributed by atoms with van der Waals surface area (Å²) in [6, 6.07) is -0.765. The van der Waals surface area contributed by atoms with Crippen LogP contribution in [0.25, 0.3) is 0 Å². The molecule has 0 fully saturated rings. The van der Waals surface area contributed by atoms with E-state index in [1.165, 1.54) is 4.68 Å². The van der Waals surface area contributed by atoms with Crippen LogP contribution >= 0.6 is 35.2 Å². The molecule has 18 heavy (non-hydrogen) atoms. The molecule has 1 aromatic heterocycles. The molecule has 0 bridgehead atoms. The van der Waals surface area contributed by atoms with Crippen molar-refractivity contribution in [2.75, 3.05) is 12.4 Å². The van der Waals surface area contributed by atoms with E-state index < -0.39 is 17.9 Å². The first-order chi connectivity index (χ1) is 8.49. The van der Waals surface area contributed by atoms with Crippen LogP contribution in [0.3, 0.4) is 0 Å². The van der Waals surface area contributed by atoms with Crippen LogP contribution in [0.4, 0.5) is 0 Å². The van der Waals surface area contributed by atoms with Crippen molar-refractivity contribution in [2.24, 2.45) is 7.05 Å². The molecule has 100 valence electrons. The largest absolute Gasteiger partial charge is 0.464 e. The Kier molecular flexibility index (Phi) is 5.93. The molecule has 0 unspecified atom stereocenters. The standard InChI is InChI=1S/C10H14IN3O3S/c1-3-17-10(16)7(5-18)12-9(15)8-6(11)4-14(2)13-8/h4,7,18H,3,5H2,1-2H3,(H,12,15)/t7-/m0/s1. The highest BCUT2D eigenvalue weighted by atomic mass is 127. The van der Waals surface area contributed by atoms with Crippen LogP contribution in [0, 0.1) is 3.57 Å². The summed E-state index contributed by atoms with van der Waals surface area (Å²) < 4.78 is 7.09. The first-order valence-electron chi connectivity index (χ1n) is 5.27. The number of halogens is 1. The van der Waals surface area contributed by atoms with Crippen molar-refractivity contribution < 1.29 is 14.3 Å². The third kappa shape index (κ3) is 3.87. The van der Waals surface area contributed by atoms with Gasteiger partial charge in [0.2, 0.25) is 0 Å². The van der Waals surface area contributed by atoms with Crippen LogP contribution < -0.4 is 5.32 Å². The van der Waals surface area contributed by atoms with Crippen molar-refractivity contribution in [3.63, 3.8) is 0 Å². The Bertz CT molecular complexity index is 450. The zero-order chi connectivity index (χ0) is 13.7. The van der Waals surface area contributed by atoms with E-state index in [1.54, 1.807) is 20.2 Å². The maximum absolute atomic E-state index is 11.9. The molecule has 1 heterocycles. The number of carbonyl (C=O) groups excluding carboxylic acids is 2. The number of carbonyl (C=O) groups is 2. The lowest BCUT2D eigenvalue weighted by molar-refractivity contribution is -0.144. The molecule has 1 aromatic rings. The molecule has 0 aliphatic rings. The molecule has 6 nitrogen and oxygen atoms in total. The summed E-state index contributed by atoms with van der Waals surface area (Å²) in [7, 11) is 1.72. The molecule has 0 aliphatic carbocycles. The minimum Gasteiger partial charge on any atom is -0.464 e. The van der Waals surface area contributed by atoms with Gasteiger partial charge < -0.3 is 10.1 Å². The fourth-order valence-electron chi connectivity index (χ4n) is 1.26. The van der Waals surface area contributed by atoms with Crippen molar-refractivity contribution in [3.8, 4) is 0 Å². The summed E-state index contributed by atoms with van der Waals surface area (Å²) in [5.74, 6) is -0.729. The number of ether oxygens (including phenoxy) is 1. The lowest BCUT2D eigenvalue weighted by Gasteiger charge is -2.14. The number of nitrogens with zero attached hydrogens (tertiary/aromatic N) is 2. The second kappa shape index (κ2) is 6.98. The topological polar surface area (TPSA) is 73.2 Å². The van der Waals surface area contributed by atoms with Crippen molar-refractivity contribution in [3.05, 3.63) is 15.5 Å². The molecule has 0 saturated heterocycles. The third-order valence-corrected chi connectivity index (χ3v) is 3.21. The minimum atomic E-state index is -0.765. The van der Waals surface area contributed by atoms with Crippen molar-refractivity contribution in [1.29, 1.82) is 0 Å². The van der Waals surface area contributed by atoms with Gasteiger partial charge in [0.05, 0.1) is 10.2 Å². The summed E-state index contributed by atoms with van der Waals surface area (Å²) >= 11 is 6.03. The van der Waals surface area contributed by atoms with Gasteiger partial charge in [0.15, 0.2) is 5.69 Å². The van der Waals surface area contributed by atoms with E-state index in [2.05, 4.69) is 23.0 Å². The van der Waals surface area contributed by atoms with Crippen molar-refractivity contribution in [1.82, 2.24) is 15.1 Å². The fourth-order valence-corrected chi connectivity index (χ4v) is 2.26. The maximum atomic E-state index is 11.9. The van der Waals surface area contributed by atoms with Crippen LogP contribution in [0.2, 0.25) is 0 Å². The van der Waals surface area contributed by atoms with Crippen LogP contribution in [0.1, 0.15) is 17.4 Å². The first kappa shape index (κ1) is 15.3. The number of rotatable bonds is 5. The number of esters is 1. The Morgan fingerprint density at radius 3 is 2.78 bits per heavy atom. The summed E-state index contributed by atoms with van der Waals surface area (Å²) in [5, 5.41) is 6.57. The molecule has 1 N–H and O–H groups in total. The molecule has 0 aromatic carbocycles. The number of aryl methyl sites for hydroxylation is 1. The van der Waals surface area contributed by atoms with Crippen LogP contribution in [0.5, 0.6) is 0 Å². The van der Waals surface area contributed by atoms with Crippen molar-refractivity contribution >= 4 is 47.1 Å². The lowest BCUT2D eigenvalue weighted by atomic mass is 10.3. The van der Waals surface area contributed by atoms with Gasteiger partial charge in [-0.2, -0.15) is 17.7 Å². The number of thiol groups is 1. The van der Waals surface area contributed by atoms with Crippen LogP contribution in [-0.4, -0.2) is 40.1 Å². The molecule has 0 spiro atoms. The van der Waals surface area contributed by atoms with Crippen LogP contribution in [0.15, 0.2) is 6.20 Å².